The van der Waals surface area contributed by atoms with Gasteiger partial charge in [-0.25, -0.2) is 0 Å². The van der Waals surface area contributed by atoms with Crippen molar-refractivity contribution >= 4 is 50.6 Å². The van der Waals surface area contributed by atoms with E-state index in [1.807, 2.05) is 0 Å². The minimum Gasteiger partial charge on any atom is -0.480 e. The molecule has 0 heterocycles. The summed E-state index contributed by atoms with van der Waals surface area (Å²) in [7, 11) is 2.41. The smallest absolute Gasteiger partial charge is 0.321 e. The van der Waals surface area contributed by atoms with Crippen LogP contribution < -0.4 is 11.5 Å². The van der Waals surface area contributed by atoms with Crippen molar-refractivity contribution < 1.29 is 19.8 Å². The molecule has 0 aromatic heterocycles. The van der Waals surface area contributed by atoms with Crippen molar-refractivity contribution in [2.24, 2.45) is 11.5 Å². The van der Waals surface area contributed by atoms with Gasteiger partial charge in [0.05, 0.1) is 0 Å². The van der Waals surface area contributed by atoms with Crippen LogP contribution in [0.1, 0.15) is 0 Å². The first-order valence-corrected chi connectivity index (χ1v) is 6.15. The van der Waals surface area contributed by atoms with Crippen LogP contribution in [0.4, 0.5) is 0 Å². The van der Waals surface area contributed by atoms with E-state index in [0.29, 0.717) is 0 Å². The number of carboxylic acids is 2. The van der Waals surface area contributed by atoms with E-state index in [1.165, 1.54) is 21.6 Å². The Morgan fingerprint density at radius 3 is 1.47 bits per heavy atom. The summed E-state index contributed by atoms with van der Waals surface area (Å²) in [5, 5.41) is 16.8. The molecule has 0 saturated heterocycles. The van der Waals surface area contributed by atoms with Gasteiger partial charge in [-0.3, -0.25) is 9.59 Å². The van der Waals surface area contributed by atoms with Gasteiger partial charge in [0, 0.05) is 28.6 Å². The zero-order valence-electron chi connectivity index (χ0n) is 7.66. The number of carboxylic acid groups (broad SMARTS) is 2. The van der Waals surface area contributed by atoms with Gasteiger partial charge >= 0.3 is 11.9 Å². The third kappa shape index (κ3) is 9.03. The first-order valence-electron chi connectivity index (χ1n) is 3.66. The van der Waals surface area contributed by atoms with Gasteiger partial charge in [-0.05, 0) is 0 Å². The normalized spacial score (nSPS) is 13.7. The van der Waals surface area contributed by atoms with E-state index in [9.17, 15) is 9.59 Å². The maximum Gasteiger partial charge on any atom is 0.321 e. The van der Waals surface area contributed by atoms with Crippen LogP contribution in [0.2, 0.25) is 0 Å². The Labute approximate surface area is 105 Å². The van der Waals surface area contributed by atoms with Gasteiger partial charge in [0.25, 0.3) is 0 Å². The predicted octanol–water partition coefficient (Wildman–Crippen LogP) is -1.19. The van der Waals surface area contributed by atoms with E-state index in [4.69, 9.17) is 21.7 Å². The second-order valence-electron chi connectivity index (χ2n) is 2.46. The molecule has 0 aromatic carbocycles. The van der Waals surface area contributed by atoms with Crippen molar-refractivity contribution in [3.05, 3.63) is 0 Å². The monoisotopic (exact) mass is 320 g/mol. The quantitative estimate of drug-likeness (QED) is 0.262. The van der Waals surface area contributed by atoms with Crippen LogP contribution in [-0.2, 0) is 9.59 Å². The molecule has 0 aliphatic carbocycles. The fourth-order valence-corrected chi connectivity index (χ4v) is 2.61. The molecule has 0 aliphatic rings. The Morgan fingerprint density at radius 2 is 1.27 bits per heavy atom. The number of nitrogens with two attached hydrogens (primary N) is 2. The van der Waals surface area contributed by atoms with Crippen molar-refractivity contribution in [2.75, 3.05) is 11.5 Å². The third-order valence-electron chi connectivity index (χ3n) is 1.21. The number of hydrogen-bond acceptors (Lipinski definition) is 6. The van der Waals surface area contributed by atoms with Crippen LogP contribution in [0.3, 0.4) is 0 Å². The number of rotatable bonds is 7. The molecule has 6 N–H and O–H groups in total. The van der Waals surface area contributed by atoms with Gasteiger partial charge in [0.15, 0.2) is 0 Å². The molecular formula is C6H12N2O4S2Se. The molecule has 0 aromatic rings. The van der Waals surface area contributed by atoms with E-state index in [0.717, 1.165) is 0 Å². The number of carbonyl (C=O) groups is 2. The molecule has 2 atom stereocenters. The summed E-state index contributed by atoms with van der Waals surface area (Å²) in [5.74, 6) is -1.68. The maximum atomic E-state index is 10.3. The van der Waals surface area contributed by atoms with E-state index in [-0.39, 0.29) is 28.6 Å². The first kappa shape index (κ1) is 17.5. The molecule has 15 heavy (non-hydrogen) atoms. The van der Waals surface area contributed by atoms with Crippen molar-refractivity contribution in [1.82, 2.24) is 0 Å². The summed E-state index contributed by atoms with van der Waals surface area (Å²) in [5.41, 5.74) is 10.4. The summed E-state index contributed by atoms with van der Waals surface area (Å²) in [6.45, 7) is 0. The van der Waals surface area contributed by atoms with E-state index >= 15 is 0 Å². The van der Waals surface area contributed by atoms with E-state index in [2.05, 4.69) is 0 Å². The summed E-state index contributed by atoms with van der Waals surface area (Å²) in [6.07, 6.45) is 0. The van der Waals surface area contributed by atoms with Crippen LogP contribution in [0.5, 0.6) is 0 Å². The van der Waals surface area contributed by atoms with Gasteiger partial charge in [-0.2, -0.15) is 0 Å². The van der Waals surface area contributed by atoms with Crippen LogP contribution in [0.25, 0.3) is 0 Å². The summed E-state index contributed by atoms with van der Waals surface area (Å²) in [4.78, 5) is 20.5. The van der Waals surface area contributed by atoms with Gasteiger partial charge < -0.3 is 21.7 Å². The summed E-state index contributed by atoms with van der Waals surface area (Å²) < 4.78 is 0. The average Bonchev–Trinajstić information content (AvgIpc) is 2.11. The Hall–Kier alpha value is 0.0795. The molecule has 0 aliphatic heterocycles. The van der Waals surface area contributed by atoms with Gasteiger partial charge in [-0.15, -0.1) is 0 Å². The standard InChI is InChI=1S/C6H12N2O4S2.Se/c7-3(5(9)10)1-13-14-2-4(8)6(11)12;/h3-4H,1-2,7-8H2,(H,9,10)(H,11,12);. The molecule has 0 amide bonds. The molecule has 0 fully saturated rings. The fourth-order valence-electron chi connectivity index (χ4n) is 0.385. The fraction of sp³-hybridized carbons (Fsp3) is 0.667. The minimum absolute atomic E-state index is 0. The van der Waals surface area contributed by atoms with Crippen molar-refractivity contribution in [2.45, 2.75) is 12.1 Å². The Balaban J connectivity index is 0. The Morgan fingerprint density at radius 1 is 1.00 bits per heavy atom. The largest absolute Gasteiger partial charge is 0.480 e. The molecule has 6 nitrogen and oxygen atoms in total. The zero-order chi connectivity index (χ0) is 11.1. The Kier molecular flexibility index (Phi) is 10.9. The first-order chi connectivity index (χ1) is 6.45. The maximum absolute atomic E-state index is 10.3. The second kappa shape index (κ2) is 9.32. The topological polar surface area (TPSA) is 127 Å². The molecule has 9 heteroatoms. The molecule has 0 saturated carbocycles. The average molecular weight is 319 g/mol. The number of hydrogen-bond donors (Lipinski definition) is 4. The summed E-state index contributed by atoms with van der Waals surface area (Å²) in [6, 6.07) is -1.85. The molecule has 2 radical (unpaired) electrons. The molecule has 88 valence electrons. The molecule has 0 bridgehead atoms. The minimum atomic E-state index is -1.07. The van der Waals surface area contributed by atoms with Crippen molar-refractivity contribution in [3.8, 4) is 0 Å². The Bertz CT molecular complexity index is 197. The third-order valence-corrected chi connectivity index (χ3v) is 3.69. The van der Waals surface area contributed by atoms with Crippen LogP contribution >= 0.6 is 21.6 Å². The molecule has 0 spiro atoms. The van der Waals surface area contributed by atoms with E-state index in [1.54, 1.807) is 0 Å². The van der Waals surface area contributed by atoms with Crippen LogP contribution in [0, 0.1) is 0 Å². The second-order valence-corrected chi connectivity index (χ2v) is 5.01. The zero-order valence-corrected chi connectivity index (χ0v) is 11.0. The molecule has 2 unspecified atom stereocenters. The summed E-state index contributed by atoms with van der Waals surface area (Å²) >= 11 is 0. The van der Waals surface area contributed by atoms with Gasteiger partial charge in [0.2, 0.25) is 0 Å². The van der Waals surface area contributed by atoms with E-state index < -0.39 is 24.0 Å². The SMILES string of the molecule is NC(CSSCC(N)C(=O)O)C(=O)O.[Se]. The molecule has 0 rings (SSSR count). The van der Waals surface area contributed by atoms with Crippen LogP contribution in [0.15, 0.2) is 0 Å². The van der Waals surface area contributed by atoms with Gasteiger partial charge in [0.1, 0.15) is 12.1 Å². The van der Waals surface area contributed by atoms with Crippen molar-refractivity contribution in [3.63, 3.8) is 0 Å². The van der Waals surface area contributed by atoms with Crippen LogP contribution in [-0.4, -0.2) is 62.8 Å². The van der Waals surface area contributed by atoms with Gasteiger partial charge in [-0.1, -0.05) is 21.6 Å². The number of aliphatic carboxylic acids is 2. The predicted molar refractivity (Wildman–Crippen MR) is 61.9 cm³/mol. The molecular weight excluding hydrogens is 307 g/mol. The van der Waals surface area contributed by atoms with Crippen molar-refractivity contribution in [1.29, 1.82) is 0 Å².